The minimum Gasteiger partial charge on any atom is -0.482 e. The minimum absolute atomic E-state index is 0.0214. The number of rotatable bonds is 5. The topological polar surface area (TPSA) is 95.2 Å². The number of fused-ring (bicyclic) bond motifs is 2. The molecule has 3 heterocycles. The number of carbonyl (C=O) groups excluding carboxylic acids is 2. The van der Waals surface area contributed by atoms with Crippen LogP contribution in [0.4, 0.5) is 13.2 Å². The molecule has 3 N–H and O–H groups in total. The first kappa shape index (κ1) is 24.4. The van der Waals surface area contributed by atoms with E-state index in [0.29, 0.717) is 32.2 Å². The van der Waals surface area contributed by atoms with E-state index >= 15 is 0 Å². The lowest BCUT2D eigenvalue weighted by Gasteiger charge is -2.32. The van der Waals surface area contributed by atoms with Crippen molar-refractivity contribution in [1.82, 2.24) is 26.2 Å². The Balaban J connectivity index is 1.08. The molecule has 2 amide bonds. The minimum atomic E-state index is -4.82. The highest BCUT2D eigenvalue weighted by molar-refractivity contribution is 6.32. The summed E-state index contributed by atoms with van der Waals surface area (Å²) in [5.74, 6) is 0.100. The van der Waals surface area contributed by atoms with Crippen molar-refractivity contribution in [2.75, 3.05) is 32.8 Å². The summed E-state index contributed by atoms with van der Waals surface area (Å²) in [6.07, 6.45) is -2.19. The zero-order valence-corrected chi connectivity index (χ0v) is 19.6. The second kappa shape index (κ2) is 9.64. The molecule has 0 aromatic heterocycles. The molecule has 3 unspecified atom stereocenters. The fraction of sp³-hybridized carbons (Fsp3) is 0.636. The van der Waals surface area contributed by atoms with Gasteiger partial charge in [-0.1, -0.05) is 11.6 Å². The van der Waals surface area contributed by atoms with Crippen LogP contribution in [0.3, 0.4) is 0 Å². The first-order chi connectivity index (χ1) is 16.7. The van der Waals surface area contributed by atoms with Crippen LogP contribution < -0.4 is 25.9 Å². The molecule has 3 saturated heterocycles. The molecule has 0 radical (unpaired) electrons. The van der Waals surface area contributed by atoms with E-state index in [1.165, 1.54) is 6.07 Å². The highest BCUT2D eigenvalue weighted by Crippen LogP contribution is 2.35. The third-order valence-corrected chi connectivity index (χ3v) is 7.65. The van der Waals surface area contributed by atoms with Gasteiger partial charge in [-0.3, -0.25) is 9.59 Å². The SMILES string of the molecule is O=C(COc1ccc(OC(F)(F)F)cc1Cl)N1C[C@@H]2CN(C(=O)C3CCC4NNNC4C3)C[C@H]2C1. The van der Waals surface area contributed by atoms with Gasteiger partial charge < -0.3 is 19.3 Å². The molecule has 1 aliphatic carbocycles. The summed E-state index contributed by atoms with van der Waals surface area (Å²) in [6.45, 7) is 2.12. The standard InChI is InChI=1S/C22H27ClF3N5O4/c23-16-6-15(35-22(24,25)26)2-4-19(16)34-11-20(32)30-7-13-9-31(10-14(13)8-30)21(33)12-1-3-17-18(5-12)28-29-27-17/h2,4,6,12-14,17-18,27-29H,1,3,5,7-11H2/t12?,13-,14-,17?,18?/m1/s1. The van der Waals surface area contributed by atoms with Crippen LogP contribution in [0.25, 0.3) is 0 Å². The van der Waals surface area contributed by atoms with E-state index in [0.717, 1.165) is 31.4 Å². The van der Waals surface area contributed by atoms with Crippen molar-refractivity contribution in [2.45, 2.75) is 37.7 Å². The average Bonchev–Trinajstić information content (AvgIpc) is 3.51. The smallest absolute Gasteiger partial charge is 0.482 e. The lowest BCUT2D eigenvalue weighted by molar-refractivity contribution is -0.274. The Bertz CT molecular complexity index is 969. The van der Waals surface area contributed by atoms with Crippen LogP contribution in [-0.2, 0) is 9.59 Å². The lowest BCUT2D eigenvalue weighted by atomic mass is 9.82. The van der Waals surface area contributed by atoms with Crippen LogP contribution in [-0.4, -0.2) is 72.8 Å². The Kier molecular flexibility index (Phi) is 6.73. The Morgan fingerprint density at radius 3 is 2.40 bits per heavy atom. The number of hydrogen-bond donors (Lipinski definition) is 3. The van der Waals surface area contributed by atoms with Crippen LogP contribution in [0.2, 0.25) is 5.02 Å². The van der Waals surface area contributed by atoms with Crippen molar-refractivity contribution < 1.29 is 32.2 Å². The van der Waals surface area contributed by atoms with Crippen molar-refractivity contribution in [1.29, 1.82) is 0 Å². The number of alkyl halides is 3. The van der Waals surface area contributed by atoms with E-state index in [4.69, 9.17) is 16.3 Å². The third-order valence-electron chi connectivity index (χ3n) is 7.35. The number of ether oxygens (including phenoxy) is 2. The largest absolute Gasteiger partial charge is 0.573 e. The molecular formula is C22H27ClF3N5O4. The van der Waals surface area contributed by atoms with E-state index < -0.39 is 12.1 Å². The molecule has 4 fully saturated rings. The predicted molar refractivity (Wildman–Crippen MR) is 118 cm³/mol. The van der Waals surface area contributed by atoms with Crippen LogP contribution in [0, 0.1) is 17.8 Å². The van der Waals surface area contributed by atoms with Gasteiger partial charge in [-0.2, -0.15) is 5.53 Å². The van der Waals surface area contributed by atoms with Crippen LogP contribution in [0.1, 0.15) is 19.3 Å². The zero-order valence-electron chi connectivity index (χ0n) is 18.8. The van der Waals surface area contributed by atoms with Gasteiger partial charge in [-0.25, -0.2) is 10.9 Å². The van der Waals surface area contributed by atoms with Gasteiger partial charge in [0.1, 0.15) is 11.5 Å². The first-order valence-corrected chi connectivity index (χ1v) is 12.0. The second-order valence-corrected chi connectivity index (χ2v) is 10.0. The number of hydrogen-bond acceptors (Lipinski definition) is 7. The molecule has 0 bridgehead atoms. The van der Waals surface area contributed by atoms with E-state index in [9.17, 15) is 22.8 Å². The molecule has 1 aromatic rings. The summed E-state index contributed by atoms with van der Waals surface area (Å²) in [4.78, 5) is 29.4. The van der Waals surface area contributed by atoms with E-state index in [1.54, 1.807) is 4.90 Å². The van der Waals surface area contributed by atoms with Crippen molar-refractivity contribution in [3.63, 3.8) is 0 Å². The predicted octanol–water partition coefficient (Wildman–Crippen LogP) is 1.68. The maximum Gasteiger partial charge on any atom is 0.573 e. The number of nitrogens with one attached hydrogen (secondary N) is 3. The van der Waals surface area contributed by atoms with E-state index in [-0.39, 0.29) is 53.0 Å². The number of nitrogens with zero attached hydrogens (tertiary/aromatic N) is 2. The molecule has 5 rings (SSSR count). The molecular weight excluding hydrogens is 491 g/mol. The van der Waals surface area contributed by atoms with E-state index in [2.05, 4.69) is 21.1 Å². The fourth-order valence-electron chi connectivity index (χ4n) is 5.62. The van der Waals surface area contributed by atoms with Crippen LogP contribution >= 0.6 is 11.6 Å². The first-order valence-electron chi connectivity index (χ1n) is 11.7. The molecule has 35 heavy (non-hydrogen) atoms. The number of hydrazine groups is 2. The van der Waals surface area contributed by atoms with Gasteiger partial charge in [0.2, 0.25) is 5.91 Å². The van der Waals surface area contributed by atoms with E-state index in [1.807, 2.05) is 4.90 Å². The normalized spacial score (nSPS) is 30.2. The fourth-order valence-corrected chi connectivity index (χ4v) is 5.84. The monoisotopic (exact) mass is 517 g/mol. The Hall–Kier alpha value is -2.28. The number of carbonyl (C=O) groups is 2. The highest BCUT2D eigenvalue weighted by Gasteiger charge is 2.45. The maximum absolute atomic E-state index is 13.1. The van der Waals surface area contributed by atoms with Gasteiger partial charge in [-0.15, -0.1) is 13.2 Å². The number of halogens is 4. The Labute approximate surface area is 205 Å². The van der Waals surface area contributed by atoms with Gasteiger partial charge in [-0.05, 0) is 31.4 Å². The molecule has 1 aromatic carbocycles. The number of benzene rings is 1. The van der Waals surface area contributed by atoms with Crippen LogP contribution in [0.5, 0.6) is 11.5 Å². The van der Waals surface area contributed by atoms with Crippen molar-refractivity contribution in [3.8, 4) is 11.5 Å². The van der Waals surface area contributed by atoms with Gasteiger partial charge in [0.25, 0.3) is 5.91 Å². The van der Waals surface area contributed by atoms with Crippen molar-refractivity contribution >= 4 is 23.4 Å². The van der Waals surface area contributed by atoms with Gasteiger partial charge >= 0.3 is 6.36 Å². The molecule has 4 aliphatic rings. The molecule has 13 heteroatoms. The number of likely N-dealkylation sites (tertiary alicyclic amines) is 2. The summed E-state index contributed by atoms with van der Waals surface area (Å²) in [6, 6.07) is 3.92. The zero-order chi connectivity index (χ0) is 24.7. The summed E-state index contributed by atoms with van der Waals surface area (Å²) in [5, 5.41) is -0.0830. The Morgan fingerprint density at radius 2 is 1.71 bits per heavy atom. The van der Waals surface area contributed by atoms with Crippen molar-refractivity contribution in [3.05, 3.63) is 23.2 Å². The highest BCUT2D eigenvalue weighted by atomic mass is 35.5. The summed E-state index contributed by atoms with van der Waals surface area (Å²) < 4.78 is 46.3. The second-order valence-electron chi connectivity index (χ2n) is 9.63. The molecule has 3 aliphatic heterocycles. The number of amides is 2. The summed E-state index contributed by atoms with van der Waals surface area (Å²) in [5.41, 5.74) is 9.31. The Morgan fingerprint density at radius 1 is 1.03 bits per heavy atom. The summed E-state index contributed by atoms with van der Waals surface area (Å²) >= 11 is 5.97. The van der Waals surface area contributed by atoms with Gasteiger partial charge in [0, 0.05) is 62.1 Å². The van der Waals surface area contributed by atoms with Gasteiger partial charge in [0.15, 0.2) is 6.61 Å². The molecule has 9 nitrogen and oxygen atoms in total. The molecule has 1 saturated carbocycles. The quantitative estimate of drug-likeness (QED) is 0.547. The van der Waals surface area contributed by atoms with Gasteiger partial charge in [0.05, 0.1) is 5.02 Å². The van der Waals surface area contributed by atoms with Crippen molar-refractivity contribution in [2.24, 2.45) is 17.8 Å². The lowest BCUT2D eigenvalue weighted by Crippen LogP contribution is -2.45. The molecule has 192 valence electrons. The van der Waals surface area contributed by atoms with Crippen LogP contribution in [0.15, 0.2) is 18.2 Å². The maximum atomic E-state index is 13.1. The third kappa shape index (κ3) is 5.45. The average molecular weight is 518 g/mol. The molecule has 5 atom stereocenters. The summed E-state index contributed by atoms with van der Waals surface area (Å²) in [7, 11) is 0. The molecule has 0 spiro atoms.